The van der Waals surface area contributed by atoms with Crippen molar-refractivity contribution in [2.24, 2.45) is 5.41 Å². The van der Waals surface area contributed by atoms with Crippen LogP contribution < -0.4 is 5.32 Å². The van der Waals surface area contributed by atoms with Gasteiger partial charge in [-0.25, -0.2) is 0 Å². The molecule has 2 fully saturated rings. The molecule has 0 aromatic carbocycles. The van der Waals surface area contributed by atoms with E-state index in [1.807, 2.05) is 0 Å². The molecule has 0 atom stereocenters. The van der Waals surface area contributed by atoms with Gasteiger partial charge in [-0.3, -0.25) is 4.79 Å². The zero-order valence-corrected chi connectivity index (χ0v) is 13.0. The summed E-state index contributed by atoms with van der Waals surface area (Å²) in [5.41, 5.74) is -0.180. The van der Waals surface area contributed by atoms with Crippen LogP contribution in [0.5, 0.6) is 0 Å². The van der Waals surface area contributed by atoms with Crippen molar-refractivity contribution < 1.29 is 4.79 Å². The molecule has 20 heavy (non-hydrogen) atoms. The highest BCUT2D eigenvalue weighted by Crippen LogP contribution is 2.41. The molecule has 1 aromatic rings. The van der Waals surface area contributed by atoms with E-state index in [-0.39, 0.29) is 11.3 Å². The van der Waals surface area contributed by atoms with Crippen molar-refractivity contribution in [3.8, 4) is 0 Å². The van der Waals surface area contributed by atoms with Crippen LogP contribution in [0, 0.1) is 5.41 Å². The van der Waals surface area contributed by atoms with Crippen LogP contribution in [0.3, 0.4) is 0 Å². The lowest BCUT2D eigenvalue weighted by molar-refractivity contribution is -0.131. The maximum absolute atomic E-state index is 12.4. The fraction of sp³-hybridized carbons (Fsp3) is 0.800. The van der Waals surface area contributed by atoms with Gasteiger partial charge < -0.3 is 5.32 Å². The second-order valence-electron chi connectivity index (χ2n) is 6.47. The van der Waals surface area contributed by atoms with Gasteiger partial charge in [0.15, 0.2) is 0 Å². The summed E-state index contributed by atoms with van der Waals surface area (Å²) in [6, 6.07) is 0. The number of nitrogens with zero attached hydrogens (tertiary/aromatic N) is 2. The summed E-state index contributed by atoms with van der Waals surface area (Å²) in [4.78, 5) is 12.4. The monoisotopic (exact) mass is 293 g/mol. The number of nitrogens with one attached hydrogen (secondary N) is 1. The predicted octanol–water partition coefficient (Wildman–Crippen LogP) is 3.39. The molecule has 0 aliphatic heterocycles. The lowest BCUT2D eigenvalue weighted by atomic mass is 9.81. The van der Waals surface area contributed by atoms with E-state index < -0.39 is 0 Å². The van der Waals surface area contributed by atoms with E-state index in [2.05, 4.69) is 22.4 Å². The highest BCUT2D eigenvalue weighted by molar-refractivity contribution is 7.11. The molecule has 0 spiro atoms. The normalized spacial score (nSPS) is 22.2. The summed E-state index contributed by atoms with van der Waals surface area (Å²) >= 11 is 1.66. The largest absolute Gasteiger partial charge is 0.349 e. The number of rotatable bonds is 4. The first-order valence-corrected chi connectivity index (χ1v) is 8.60. The van der Waals surface area contributed by atoms with Gasteiger partial charge in [0, 0.05) is 11.3 Å². The van der Waals surface area contributed by atoms with Gasteiger partial charge in [-0.05, 0) is 25.7 Å². The minimum absolute atomic E-state index is 0.180. The second-order valence-corrected chi connectivity index (χ2v) is 7.56. The summed E-state index contributed by atoms with van der Waals surface area (Å²) in [7, 11) is 0. The number of carbonyl (C=O) groups excluding carboxylic acids is 1. The molecule has 4 nitrogen and oxygen atoms in total. The Morgan fingerprint density at radius 2 is 1.95 bits per heavy atom. The van der Waals surface area contributed by atoms with Gasteiger partial charge in [-0.15, -0.1) is 10.2 Å². The topological polar surface area (TPSA) is 54.9 Å². The van der Waals surface area contributed by atoms with Crippen molar-refractivity contribution in [1.29, 1.82) is 0 Å². The molecule has 3 rings (SSSR count). The quantitative estimate of drug-likeness (QED) is 0.866. The van der Waals surface area contributed by atoms with Crippen LogP contribution >= 0.6 is 11.3 Å². The number of carbonyl (C=O) groups is 1. The number of hydrogen-bond acceptors (Lipinski definition) is 4. The SMILES string of the molecule is CC1(C(=O)NCc2nnc(C3CC3)s2)CCCCCC1. The number of hydrogen-bond donors (Lipinski definition) is 1. The smallest absolute Gasteiger partial charge is 0.226 e. The van der Waals surface area contributed by atoms with Gasteiger partial charge in [-0.2, -0.15) is 0 Å². The molecule has 1 aromatic heterocycles. The van der Waals surface area contributed by atoms with Crippen molar-refractivity contribution in [2.45, 2.75) is 70.8 Å². The van der Waals surface area contributed by atoms with Gasteiger partial charge in [-0.1, -0.05) is 43.9 Å². The van der Waals surface area contributed by atoms with Gasteiger partial charge in [0.05, 0.1) is 6.54 Å². The highest BCUT2D eigenvalue weighted by Gasteiger charge is 2.33. The molecular weight excluding hydrogens is 270 g/mol. The highest BCUT2D eigenvalue weighted by atomic mass is 32.1. The Kier molecular flexibility index (Phi) is 4.06. The standard InChI is InChI=1S/C15H23N3OS/c1-15(8-4-2-3-5-9-15)14(19)16-10-12-17-18-13(20-12)11-6-7-11/h11H,2-10H2,1H3,(H,16,19). The molecular formula is C15H23N3OS. The molecule has 2 aliphatic rings. The van der Waals surface area contributed by atoms with Crippen molar-refractivity contribution >= 4 is 17.2 Å². The summed E-state index contributed by atoms with van der Waals surface area (Å²) in [6.45, 7) is 2.65. The summed E-state index contributed by atoms with van der Waals surface area (Å²) in [5, 5.41) is 13.6. The van der Waals surface area contributed by atoms with Gasteiger partial charge in [0.25, 0.3) is 0 Å². The first-order valence-electron chi connectivity index (χ1n) is 7.78. The van der Waals surface area contributed by atoms with Gasteiger partial charge in [0.2, 0.25) is 5.91 Å². The Bertz CT molecular complexity index is 473. The first kappa shape index (κ1) is 14.0. The molecule has 1 N–H and O–H groups in total. The van der Waals surface area contributed by atoms with E-state index >= 15 is 0 Å². The molecule has 2 aliphatic carbocycles. The molecule has 0 unspecified atom stereocenters. The van der Waals surface area contributed by atoms with Crippen LogP contribution in [0.2, 0.25) is 0 Å². The zero-order valence-electron chi connectivity index (χ0n) is 12.2. The lowest BCUT2D eigenvalue weighted by Crippen LogP contribution is -2.38. The molecule has 1 heterocycles. The van der Waals surface area contributed by atoms with Gasteiger partial charge >= 0.3 is 0 Å². The van der Waals surface area contributed by atoms with Crippen molar-refractivity contribution in [2.75, 3.05) is 0 Å². The van der Waals surface area contributed by atoms with Gasteiger partial charge in [0.1, 0.15) is 10.0 Å². The number of amides is 1. The van der Waals surface area contributed by atoms with Crippen LogP contribution in [0.25, 0.3) is 0 Å². The fourth-order valence-corrected chi connectivity index (χ4v) is 3.89. The Morgan fingerprint density at radius 1 is 1.25 bits per heavy atom. The van der Waals surface area contributed by atoms with Crippen LogP contribution in [0.4, 0.5) is 0 Å². The molecule has 5 heteroatoms. The number of aromatic nitrogens is 2. The summed E-state index contributed by atoms with van der Waals surface area (Å²) in [6.07, 6.45) is 9.42. The van der Waals surface area contributed by atoms with E-state index in [9.17, 15) is 4.79 Å². The summed E-state index contributed by atoms with van der Waals surface area (Å²) in [5.74, 6) is 0.846. The molecule has 110 valence electrons. The Hall–Kier alpha value is -0.970. The molecule has 0 bridgehead atoms. The van der Waals surface area contributed by atoms with Crippen LogP contribution in [0.1, 0.15) is 74.2 Å². The van der Waals surface area contributed by atoms with Crippen molar-refractivity contribution in [1.82, 2.24) is 15.5 Å². The molecule has 0 saturated heterocycles. The van der Waals surface area contributed by atoms with E-state index in [0.29, 0.717) is 12.5 Å². The maximum atomic E-state index is 12.4. The zero-order chi connectivity index (χ0) is 14.0. The summed E-state index contributed by atoms with van der Waals surface area (Å²) < 4.78 is 0. The average Bonchev–Trinajstić information content (AvgIpc) is 3.22. The minimum atomic E-state index is -0.180. The lowest BCUT2D eigenvalue weighted by Gasteiger charge is -2.26. The van der Waals surface area contributed by atoms with E-state index in [4.69, 9.17) is 0 Å². The van der Waals surface area contributed by atoms with Crippen molar-refractivity contribution in [3.63, 3.8) is 0 Å². The molecule has 0 radical (unpaired) electrons. The van der Waals surface area contributed by atoms with Crippen LogP contribution in [0.15, 0.2) is 0 Å². The molecule has 1 amide bonds. The fourth-order valence-electron chi connectivity index (χ4n) is 2.94. The minimum Gasteiger partial charge on any atom is -0.349 e. The Labute approximate surface area is 124 Å². The maximum Gasteiger partial charge on any atom is 0.226 e. The third-order valence-corrected chi connectivity index (χ3v) is 5.65. The average molecular weight is 293 g/mol. The van der Waals surface area contributed by atoms with E-state index in [1.165, 1.54) is 38.5 Å². The van der Waals surface area contributed by atoms with Crippen molar-refractivity contribution in [3.05, 3.63) is 10.0 Å². The van der Waals surface area contributed by atoms with Crippen LogP contribution in [-0.2, 0) is 11.3 Å². The predicted molar refractivity (Wildman–Crippen MR) is 79.5 cm³/mol. The van der Waals surface area contributed by atoms with Crippen LogP contribution in [-0.4, -0.2) is 16.1 Å². The third-order valence-electron chi connectivity index (χ3n) is 4.56. The first-order chi connectivity index (χ1) is 9.67. The Balaban J connectivity index is 1.54. The second kappa shape index (κ2) is 5.80. The Morgan fingerprint density at radius 3 is 2.60 bits per heavy atom. The van der Waals surface area contributed by atoms with E-state index in [1.54, 1.807) is 11.3 Å². The molecule has 2 saturated carbocycles. The van der Waals surface area contributed by atoms with E-state index in [0.717, 1.165) is 22.9 Å². The third kappa shape index (κ3) is 3.19.